The van der Waals surface area contributed by atoms with Crippen LogP contribution in [-0.4, -0.2) is 25.6 Å². The van der Waals surface area contributed by atoms with Gasteiger partial charge in [-0.15, -0.1) is 0 Å². The maximum Gasteiger partial charge on any atom is 0.191 e. The molecule has 0 rings (SSSR count). The first-order valence-corrected chi connectivity index (χ1v) is 11.9. The Balaban J connectivity index is 3.54. The summed E-state index contributed by atoms with van der Waals surface area (Å²) in [6, 6.07) is 0. The van der Waals surface area contributed by atoms with E-state index in [1.165, 1.54) is 103 Å². The van der Waals surface area contributed by atoms with Gasteiger partial charge in [0.1, 0.15) is 0 Å². The van der Waals surface area contributed by atoms with Crippen LogP contribution in [-0.2, 0) is 0 Å². The number of aliphatic imine (C=N–C) groups is 1. The summed E-state index contributed by atoms with van der Waals surface area (Å²) in [6.07, 6.45) is 21.7. The number of nitrogens with one attached hydrogen (secondary N) is 2. The molecule has 0 heterocycles. The summed E-state index contributed by atoms with van der Waals surface area (Å²) in [4.78, 5) is 4.74. The SMILES string of the molecule is CCCCCCCCCCCCCCN=C(NCCCC)NCCCC. The average molecular weight is 368 g/mol. The van der Waals surface area contributed by atoms with Crippen molar-refractivity contribution in [1.82, 2.24) is 10.6 Å². The second-order valence-corrected chi connectivity index (χ2v) is 7.68. The first kappa shape index (κ1) is 25.3. The fraction of sp³-hybridized carbons (Fsp3) is 0.957. The van der Waals surface area contributed by atoms with Gasteiger partial charge in [-0.05, 0) is 19.3 Å². The number of hydrogen-bond acceptors (Lipinski definition) is 1. The Morgan fingerprint density at radius 3 is 1.31 bits per heavy atom. The minimum Gasteiger partial charge on any atom is -0.356 e. The van der Waals surface area contributed by atoms with E-state index in [-0.39, 0.29) is 0 Å². The maximum absolute atomic E-state index is 4.74. The van der Waals surface area contributed by atoms with Gasteiger partial charge in [0.25, 0.3) is 0 Å². The van der Waals surface area contributed by atoms with E-state index in [0.717, 1.165) is 25.6 Å². The first-order valence-electron chi connectivity index (χ1n) is 11.9. The Hall–Kier alpha value is -0.730. The van der Waals surface area contributed by atoms with E-state index in [1.807, 2.05) is 0 Å². The van der Waals surface area contributed by atoms with Gasteiger partial charge >= 0.3 is 0 Å². The molecule has 0 aliphatic carbocycles. The lowest BCUT2D eigenvalue weighted by atomic mass is 10.1. The van der Waals surface area contributed by atoms with Crippen molar-refractivity contribution < 1.29 is 0 Å². The maximum atomic E-state index is 4.74. The summed E-state index contributed by atoms with van der Waals surface area (Å²) < 4.78 is 0. The van der Waals surface area contributed by atoms with Gasteiger partial charge in [-0.2, -0.15) is 0 Å². The van der Waals surface area contributed by atoms with Crippen LogP contribution in [0.2, 0.25) is 0 Å². The molecule has 0 atom stereocenters. The van der Waals surface area contributed by atoms with E-state index in [0.29, 0.717) is 0 Å². The third-order valence-corrected chi connectivity index (χ3v) is 4.93. The van der Waals surface area contributed by atoms with Crippen molar-refractivity contribution in [2.24, 2.45) is 4.99 Å². The van der Waals surface area contributed by atoms with Crippen molar-refractivity contribution in [3.8, 4) is 0 Å². The molecule has 0 amide bonds. The van der Waals surface area contributed by atoms with Gasteiger partial charge in [0, 0.05) is 19.6 Å². The zero-order chi connectivity index (χ0) is 19.1. The molecule has 0 spiro atoms. The van der Waals surface area contributed by atoms with E-state index in [4.69, 9.17) is 4.99 Å². The topological polar surface area (TPSA) is 36.4 Å². The zero-order valence-electron chi connectivity index (χ0n) is 18.4. The van der Waals surface area contributed by atoms with Crippen LogP contribution in [0.15, 0.2) is 4.99 Å². The molecule has 0 aromatic rings. The van der Waals surface area contributed by atoms with Crippen molar-refractivity contribution in [3.63, 3.8) is 0 Å². The van der Waals surface area contributed by atoms with E-state index in [2.05, 4.69) is 31.4 Å². The molecule has 0 unspecified atom stereocenters. The molecule has 0 bridgehead atoms. The number of rotatable bonds is 19. The Bertz CT molecular complexity index is 277. The second kappa shape index (κ2) is 22.3. The lowest BCUT2D eigenvalue weighted by molar-refractivity contribution is 0.545. The van der Waals surface area contributed by atoms with E-state index < -0.39 is 0 Å². The predicted molar refractivity (Wildman–Crippen MR) is 119 cm³/mol. The number of guanidine groups is 1. The van der Waals surface area contributed by atoms with Crippen molar-refractivity contribution in [3.05, 3.63) is 0 Å². The lowest BCUT2D eigenvalue weighted by Gasteiger charge is -2.12. The van der Waals surface area contributed by atoms with Crippen molar-refractivity contribution >= 4 is 5.96 Å². The highest BCUT2D eigenvalue weighted by atomic mass is 15.2. The van der Waals surface area contributed by atoms with Crippen LogP contribution >= 0.6 is 0 Å². The highest BCUT2D eigenvalue weighted by molar-refractivity contribution is 5.79. The van der Waals surface area contributed by atoms with Gasteiger partial charge in [-0.3, -0.25) is 4.99 Å². The lowest BCUT2D eigenvalue weighted by Crippen LogP contribution is -2.38. The zero-order valence-corrected chi connectivity index (χ0v) is 18.4. The molecule has 0 radical (unpaired) electrons. The Labute approximate surface area is 165 Å². The second-order valence-electron chi connectivity index (χ2n) is 7.68. The minimum absolute atomic E-state index is 0.963. The van der Waals surface area contributed by atoms with Crippen LogP contribution in [0.25, 0.3) is 0 Å². The fourth-order valence-corrected chi connectivity index (χ4v) is 3.09. The van der Waals surface area contributed by atoms with Crippen molar-refractivity contribution in [1.29, 1.82) is 0 Å². The molecule has 0 aliphatic rings. The molecule has 3 nitrogen and oxygen atoms in total. The Kier molecular flexibility index (Phi) is 21.7. The van der Waals surface area contributed by atoms with E-state index >= 15 is 0 Å². The molecule has 3 heteroatoms. The summed E-state index contributed by atoms with van der Waals surface area (Å²) in [5, 5.41) is 6.92. The number of hydrogen-bond donors (Lipinski definition) is 2. The molecule has 0 aromatic carbocycles. The quantitative estimate of drug-likeness (QED) is 0.149. The molecular formula is C23H49N3. The minimum atomic E-state index is 0.963. The molecule has 0 saturated carbocycles. The normalized spacial score (nSPS) is 10.7. The van der Waals surface area contributed by atoms with Crippen LogP contribution in [0, 0.1) is 0 Å². The average Bonchev–Trinajstić information content (AvgIpc) is 2.65. The van der Waals surface area contributed by atoms with Gasteiger partial charge in [0.15, 0.2) is 5.96 Å². The smallest absolute Gasteiger partial charge is 0.191 e. The monoisotopic (exact) mass is 367 g/mol. The first-order chi connectivity index (χ1) is 12.8. The summed E-state index contributed by atoms with van der Waals surface area (Å²) >= 11 is 0. The van der Waals surface area contributed by atoms with E-state index in [9.17, 15) is 0 Å². The van der Waals surface area contributed by atoms with Crippen molar-refractivity contribution in [2.45, 2.75) is 124 Å². The third kappa shape index (κ3) is 19.6. The highest BCUT2D eigenvalue weighted by Gasteiger charge is 1.97. The van der Waals surface area contributed by atoms with Crippen LogP contribution in [0.1, 0.15) is 124 Å². The van der Waals surface area contributed by atoms with Crippen LogP contribution < -0.4 is 10.6 Å². The summed E-state index contributed by atoms with van der Waals surface area (Å²) in [5.74, 6) is 1.02. The van der Waals surface area contributed by atoms with Gasteiger partial charge < -0.3 is 10.6 Å². The molecule has 0 aromatic heterocycles. The van der Waals surface area contributed by atoms with Crippen LogP contribution in [0.3, 0.4) is 0 Å². The highest BCUT2D eigenvalue weighted by Crippen LogP contribution is 2.11. The van der Waals surface area contributed by atoms with Crippen molar-refractivity contribution in [2.75, 3.05) is 19.6 Å². The predicted octanol–water partition coefficient (Wildman–Crippen LogP) is 6.82. The van der Waals surface area contributed by atoms with Crippen LogP contribution in [0.4, 0.5) is 0 Å². The molecule has 156 valence electrons. The largest absolute Gasteiger partial charge is 0.356 e. The summed E-state index contributed by atoms with van der Waals surface area (Å²) in [5.41, 5.74) is 0. The third-order valence-electron chi connectivity index (χ3n) is 4.93. The Morgan fingerprint density at radius 2 is 0.885 bits per heavy atom. The molecule has 2 N–H and O–H groups in total. The van der Waals surface area contributed by atoms with Gasteiger partial charge in [0.2, 0.25) is 0 Å². The molecule has 0 fully saturated rings. The van der Waals surface area contributed by atoms with Crippen LogP contribution in [0.5, 0.6) is 0 Å². The number of nitrogens with zero attached hydrogens (tertiary/aromatic N) is 1. The molecule has 0 saturated heterocycles. The van der Waals surface area contributed by atoms with Gasteiger partial charge in [-0.1, -0.05) is 104 Å². The van der Waals surface area contributed by atoms with Gasteiger partial charge in [-0.25, -0.2) is 0 Å². The fourth-order valence-electron chi connectivity index (χ4n) is 3.09. The summed E-state index contributed by atoms with van der Waals surface area (Å²) in [7, 11) is 0. The molecular weight excluding hydrogens is 318 g/mol. The van der Waals surface area contributed by atoms with Gasteiger partial charge in [0.05, 0.1) is 0 Å². The molecule has 0 aliphatic heterocycles. The summed E-state index contributed by atoms with van der Waals surface area (Å²) in [6.45, 7) is 9.79. The Morgan fingerprint density at radius 1 is 0.500 bits per heavy atom. The van der Waals surface area contributed by atoms with E-state index in [1.54, 1.807) is 0 Å². The number of unbranched alkanes of at least 4 members (excludes halogenated alkanes) is 13. The molecule has 26 heavy (non-hydrogen) atoms. The standard InChI is InChI=1S/C23H49N3/c1-4-7-10-11-12-13-14-15-16-17-18-19-22-26-23(24-20-8-5-2)25-21-9-6-3/h4-22H2,1-3H3,(H2,24,25,26).